The number of aliphatic hydroxyl groups is 1. The second kappa shape index (κ2) is 6.03. The van der Waals surface area contributed by atoms with Crippen molar-refractivity contribution in [3.63, 3.8) is 0 Å². The highest BCUT2D eigenvalue weighted by atomic mass is 32.2. The Hall–Kier alpha value is -1.60. The van der Waals surface area contributed by atoms with Crippen LogP contribution in [0.4, 0.5) is 4.39 Å². The van der Waals surface area contributed by atoms with E-state index in [1.54, 1.807) is 23.7 Å². The van der Waals surface area contributed by atoms with Crippen molar-refractivity contribution in [1.29, 1.82) is 0 Å². The van der Waals surface area contributed by atoms with Crippen molar-refractivity contribution in [3.8, 4) is 5.75 Å². The number of rotatable bonds is 5. The number of aromatic nitrogens is 3. The molecule has 0 amide bonds. The highest BCUT2D eigenvalue weighted by Crippen LogP contribution is 2.24. The summed E-state index contributed by atoms with van der Waals surface area (Å²) in [6.45, 7) is -0.152. The molecule has 0 radical (unpaired) electrons. The van der Waals surface area contributed by atoms with Crippen molar-refractivity contribution in [1.82, 2.24) is 14.8 Å². The molecular formula is C12H14FN3O2S. The lowest BCUT2D eigenvalue weighted by Crippen LogP contribution is -1.98. The number of methoxy groups -OCH3 is 1. The topological polar surface area (TPSA) is 60.2 Å². The molecule has 1 aromatic carbocycles. The number of halogens is 1. The molecule has 0 unspecified atom stereocenters. The van der Waals surface area contributed by atoms with Crippen molar-refractivity contribution < 1.29 is 14.2 Å². The van der Waals surface area contributed by atoms with Crippen LogP contribution in [-0.4, -0.2) is 27.0 Å². The van der Waals surface area contributed by atoms with Crippen molar-refractivity contribution in [2.24, 2.45) is 7.05 Å². The Kier molecular flexibility index (Phi) is 4.39. The van der Waals surface area contributed by atoms with E-state index in [2.05, 4.69) is 10.2 Å². The quantitative estimate of drug-likeness (QED) is 0.847. The molecule has 0 aliphatic heterocycles. The van der Waals surface area contributed by atoms with Gasteiger partial charge in [0.1, 0.15) is 6.61 Å². The summed E-state index contributed by atoms with van der Waals surface area (Å²) >= 11 is 1.43. The first kappa shape index (κ1) is 13.8. The molecule has 0 spiro atoms. The van der Waals surface area contributed by atoms with Crippen LogP contribution in [0, 0.1) is 5.82 Å². The molecule has 2 rings (SSSR count). The maximum Gasteiger partial charge on any atom is 0.191 e. The number of benzene rings is 1. The van der Waals surface area contributed by atoms with Gasteiger partial charge >= 0.3 is 0 Å². The zero-order chi connectivity index (χ0) is 13.8. The first-order chi connectivity index (χ1) is 9.15. The van der Waals surface area contributed by atoms with Gasteiger partial charge in [0.25, 0.3) is 0 Å². The normalized spacial score (nSPS) is 10.7. The Balaban J connectivity index is 2.06. The van der Waals surface area contributed by atoms with Gasteiger partial charge in [-0.1, -0.05) is 17.8 Å². The zero-order valence-electron chi connectivity index (χ0n) is 10.6. The summed E-state index contributed by atoms with van der Waals surface area (Å²) in [4.78, 5) is 0. The first-order valence-corrected chi connectivity index (χ1v) is 6.58. The second-order valence-electron chi connectivity index (χ2n) is 3.87. The monoisotopic (exact) mass is 283 g/mol. The van der Waals surface area contributed by atoms with E-state index < -0.39 is 0 Å². The zero-order valence-corrected chi connectivity index (χ0v) is 11.4. The lowest BCUT2D eigenvalue weighted by molar-refractivity contribution is 0.266. The fourth-order valence-corrected chi connectivity index (χ4v) is 2.43. The molecule has 5 nitrogen and oxygen atoms in total. The maximum atomic E-state index is 13.5. The fraction of sp³-hybridized carbons (Fsp3) is 0.333. The average molecular weight is 283 g/mol. The molecule has 102 valence electrons. The molecule has 0 aliphatic rings. The van der Waals surface area contributed by atoms with E-state index in [4.69, 9.17) is 9.84 Å². The van der Waals surface area contributed by atoms with Crippen LogP contribution in [0.25, 0.3) is 0 Å². The number of thioether (sulfide) groups is 1. The molecule has 0 bridgehead atoms. The van der Waals surface area contributed by atoms with E-state index in [-0.39, 0.29) is 18.2 Å². The van der Waals surface area contributed by atoms with Gasteiger partial charge in [0.15, 0.2) is 22.5 Å². The first-order valence-electron chi connectivity index (χ1n) is 5.60. The van der Waals surface area contributed by atoms with Gasteiger partial charge in [-0.3, -0.25) is 0 Å². The Morgan fingerprint density at radius 2 is 2.21 bits per heavy atom. The summed E-state index contributed by atoms with van der Waals surface area (Å²) < 4.78 is 20.1. The molecule has 1 heterocycles. The molecule has 0 atom stereocenters. The summed E-state index contributed by atoms with van der Waals surface area (Å²) in [6.07, 6.45) is 0. The minimum Gasteiger partial charge on any atom is -0.494 e. The van der Waals surface area contributed by atoms with E-state index in [1.165, 1.54) is 24.9 Å². The average Bonchev–Trinajstić information content (AvgIpc) is 2.77. The van der Waals surface area contributed by atoms with E-state index in [9.17, 15) is 4.39 Å². The third kappa shape index (κ3) is 3.05. The minimum atomic E-state index is -0.380. The lowest BCUT2D eigenvalue weighted by atomic mass is 10.2. The van der Waals surface area contributed by atoms with Crippen molar-refractivity contribution in [2.75, 3.05) is 7.11 Å². The van der Waals surface area contributed by atoms with Gasteiger partial charge in [0.2, 0.25) is 0 Å². The highest BCUT2D eigenvalue weighted by molar-refractivity contribution is 7.98. The molecule has 0 fully saturated rings. The van der Waals surface area contributed by atoms with Crippen molar-refractivity contribution >= 4 is 11.8 Å². The summed E-state index contributed by atoms with van der Waals surface area (Å²) in [5.41, 5.74) is 0.830. The third-order valence-corrected chi connectivity index (χ3v) is 3.74. The summed E-state index contributed by atoms with van der Waals surface area (Å²) in [5, 5.41) is 17.5. The van der Waals surface area contributed by atoms with E-state index in [0.29, 0.717) is 16.7 Å². The minimum absolute atomic E-state index is 0.152. The van der Waals surface area contributed by atoms with Crippen LogP contribution in [0.3, 0.4) is 0 Å². The molecule has 0 saturated carbocycles. The van der Waals surface area contributed by atoms with Gasteiger partial charge in [0, 0.05) is 12.8 Å². The van der Waals surface area contributed by atoms with Crippen LogP contribution in [0.15, 0.2) is 23.4 Å². The van der Waals surface area contributed by atoms with Gasteiger partial charge < -0.3 is 14.4 Å². The van der Waals surface area contributed by atoms with Gasteiger partial charge in [-0.2, -0.15) is 0 Å². The lowest BCUT2D eigenvalue weighted by Gasteiger charge is -2.05. The smallest absolute Gasteiger partial charge is 0.191 e. The number of hydrogen-bond acceptors (Lipinski definition) is 5. The molecule has 1 aromatic heterocycles. The highest BCUT2D eigenvalue weighted by Gasteiger charge is 2.09. The molecule has 1 N–H and O–H groups in total. The van der Waals surface area contributed by atoms with Crippen molar-refractivity contribution in [3.05, 3.63) is 35.4 Å². The van der Waals surface area contributed by atoms with Gasteiger partial charge in [-0.05, 0) is 17.7 Å². The Morgan fingerprint density at radius 1 is 1.42 bits per heavy atom. The standard InChI is InChI=1S/C12H14FN3O2S/c1-16-11(6-17)14-15-12(16)19-7-8-3-4-10(18-2)9(13)5-8/h3-5,17H,6-7H2,1-2H3. The number of nitrogens with zero attached hydrogens (tertiary/aromatic N) is 3. The second-order valence-corrected chi connectivity index (χ2v) is 4.82. The Labute approximate surface area is 114 Å². The molecule has 2 aromatic rings. The molecular weight excluding hydrogens is 269 g/mol. The van der Waals surface area contributed by atoms with Crippen LogP contribution >= 0.6 is 11.8 Å². The largest absolute Gasteiger partial charge is 0.494 e. The number of aliphatic hydroxyl groups excluding tert-OH is 1. The van der Waals surface area contributed by atoms with Crippen LogP contribution in [0.2, 0.25) is 0 Å². The molecule has 7 heteroatoms. The number of hydrogen-bond donors (Lipinski definition) is 1. The van der Waals surface area contributed by atoms with Gasteiger partial charge in [-0.25, -0.2) is 4.39 Å². The van der Waals surface area contributed by atoms with Crippen LogP contribution in [0.1, 0.15) is 11.4 Å². The van der Waals surface area contributed by atoms with Gasteiger partial charge in [-0.15, -0.1) is 10.2 Å². The van der Waals surface area contributed by atoms with Crippen LogP contribution in [-0.2, 0) is 19.4 Å². The Morgan fingerprint density at radius 3 is 2.79 bits per heavy atom. The molecule has 19 heavy (non-hydrogen) atoms. The predicted molar refractivity (Wildman–Crippen MR) is 69.4 cm³/mol. The summed E-state index contributed by atoms with van der Waals surface area (Å²) in [6, 6.07) is 4.84. The van der Waals surface area contributed by atoms with Crippen LogP contribution in [0.5, 0.6) is 5.75 Å². The fourth-order valence-electron chi connectivity index (χ4n) is 1.56. The van der Waals surface area contributed by atoms with Crippen molar-refractivity contribution in [2.45, 2.75) is 17.5 Å². The van der Waals surface area contributed by atoms with E-state index >= 15 is 0 Å². The summed E-state index contributed by atoms with van der Waals surface area (Å²) in [7, 11) is 3.21. The van der Waals surface area contributed by atoms with E-state index in [1.807, 2.05) is 0 Å². The number of ether oxygens (including phenoxy) is 1. The van der Waals surface area contributed by atoms with E-state index in [0.717, 1.165) is 5.56 Å². The molecule has 0 saturated heterocycles. The van der Waals surface area contributed by atoms with Crippen LogP contribution < -0.4 is 4.74 Å². The third-order valence-electron chi connectivity index (χ3n) is 2.65. The molecule has 0 aliphatic carbocycles. The Bertz CT molecular complexity index is 574. The summed E-state index contributed by atoms with van der Waals surface area (Å²) in [5.74, 6) is 0.922. The maximum absolute atomic E-state index is 13.5. The SMILES string of the molecule is COc1ccc(CSc2nnc(CO)n2C)cc1F. The van der Waals surface area contributed by atoms with Gasteiger partial charge in [0.05, 0.1) is 7.11 Å². The predicted octanol–water partition coefficient (Wildman–Crippen LogP) is 1.75.